The van der Waals surface area contributed by atoms with E-state index in [-0.39, 0.29) is 0 Å². The van der Waals surface area contributed by atoms with E-state index < -0.39 is 0 Å². The monoisotopic (exact) mass is 283 g/mol. The summed E-state index contributed by atoms with van der Waals surface area (Å²) < 4.78 is 0. The fourth-order valence-corrected chi connectivity index (χ4v) is 3.21. The maximum Gasteiger partial charge on any atom is 0.133 e. The summed E-state index contributed by atoms with van der Waals surface area (Å²) in [6.45, 7) is 3.03. The lowest BCUT2D eigenvalue weighted by atomic mass is 10.1. The molecular weight excluding hydrogens is 258 g/mol. The zero-order valence-corrected chi connectivity index (χ0v) is 13.3. The predicted molar refractivity (Wildman–Crippen MR) is 89.9 cm³/mol. The van der Waals surface area contributed by atoms with Gasteiger partial charge >= 0.3 is 0 Å². The highest BCUT2D eigenvalue weighted by atomic mass is 15.1. The summed E-state index contributed by atoms with van der Waals surface area (Å²) in [5.74, 6) is 1.08. The largest absolute Gasteiger partial charge is 0.362 e. The van der Waals surface area contributed by atoms with E-state index in [0.29, 0.717) is 6.04 Å². The number of hydrogen-bond acceptors (Lipinski definition) is 3. The Morgan fingerprint density at radius 2 is 1.95 bits per heavy atom. The first-order valence-electron chi connectivity index (χ1n) is 7.94. The van der Waals surface area contributed by atoms with Crippen LogP contribution >= 0.6 is 0 Å². The van der Waals surface area contributed by atoms with E-state index in [9.17, 15) is 0 Å². The second kappa shape index (κ2) is 6.02. The van der Waals surface area contributed by atoms with E-state index in [4.69, 9.17) is 4.98 Å². The third-order valence-electron chi connectivity index (χ3n) is 4.39. The molecule has 0 aliphatic heterocycles. The maximum atomic E-state index is 4.87. The van der Waals surface area contributed by atoms with Gasteiger partial charge in [0.15, 0.2) is 0 Å². The third kappa shape index (κ3) is 3.18. The first-order chi connectivity index (χ1) is 10.1. The number of aromatic nitrogens is 1. The molecule has 0 amide bonds. The molecule has 3 heteroatoms. The number of nitrogens with zero attached hydrogens (tertiary/aromatic N) is 2. The molecule has 112 valence electrons. The van der Waals surface area contributed by atoms with E-state index in [1.165, 1.54) is 42.2 Å². The van der Waals surface area contributed by atoms with Gasteiger partial charge in [-0.2, -0.15) is 0 Å². The van der Waals surface area contributed by atoms with Crippen molar-refractivity contribution in [1.82, 2.24) is 10.3 Å². The Balaban J connectivity index is 1.90. The Labute approximate surface area is 127 Å². The molecule has 0 radical (unpaired) electrons. The Kier molecular flexibility index (Phi) is 4.11. The van der Waals surface area contributed by atoms with Gasteiger partial charge in [0, 0.05) is 37.6 Å². The summed E-state index contributed by atoms with van der Waals surface area (Å²) in [5.41, 5.74) is 3.64. The second-order valence-electron chi connectivity index (χ2n) is 6.42. The number of rotatable bonds is 4. The fraction of sp³-hybridized carbons (Fsp3) is 0.500. The van der Waals surface area contributed by atoms with Crippen LogP contribution in [0.25, 0.3) is 10.9 Å². The third-order valence-corrected chi connectivity index (χ3v) is 4.39. The number of anilines is 1. The average molecular weight is 283 g/mol. The van der Waals surface area contributed by atoms with Crippen LogP contribution in [0.2, 0.25) is 0 Å². The standard InChI is InChI=1S/C18H25N3/c1-13-8-9-14-11-15(12-19-16-6-4-5-7-16)18(21(2)3)20-17(14)10-13/h8-11,16,19H,4-7,12H2,1-3H3. The lowest BCUT2D eigenvalue weighted by molar-refractivity contribution is 0.524. The van der Waals surface area contributed by atoms with Gasteiger partial charge in [-0.25, -0.2) is 4.98 Å². The summed E-state index contributed by atoms with van der Waals surface area (Å²) in [6.07, 6.45) is 5.37. The molecule has 1 aromatic carbocycles. The molecular formula is C18H25N3. The minimum Gasteiger partial charge on any atom is -0.362 e. The molecule has 3 nitrogen and oxygen atoms in total. The first kappa shape index (κ1) is 14.3. The number of aryl methyl sites for hydroxylation is 1. The summed E-state index contributed by atoms with van der Waals surface area (Å²) in [6, 6.07) is 9.48. The fourth-order valence-electron chi connectivity index (χ4n) is 3.21. The summed E-state index contributed by atoms with van der Waals surface area (Å²) >= 11 is 0. The van der Waals surface area contributed by atoms with E-state index >= 15 is 0 Å². The normalized spacial score (nSPS) is 15.8. The van der Waals surface area contributed by atoms with Crippen LogP contribution in [0.4, 0.5) is 5.82 Å². The molecule has 1 heterocycles. The van der Waals surface area contributed by atoms with Crippen molar-refractivity contribution in [3.63, 3.8) is 0 Å². The molecule has 21 heavy (non-hydrogen) atoms. The number of benzene rings is 1. The van der Waals surface area contributed by atoms with Crippen LogP contribution in [0, 0.1) is 6.92 Å². The van der Waals surface area contributed by atoms with Gasteiger partial charge in [0.2, 0.25) is 0 Å². The summed E-state index contributed by atoms with van der Waals surface area (Å²) in [7, 11) is 4.14. The molecule has 1 saturated carbocycles. The van der Waals surface area contributed by atoms with Gasteiger partial charge in [-0.15, -0.1) is 0 Å². The minimum absolute atomic E-state index is 0.689. The van der Waals surface area contributed by atoms with Crippen molar-refractivity contribution < 1.29 is 0 Å². The van der Waals surface area contributed by atoms with Crippen molar-refractivity contribution in [2.24, 2.45) is 0 Å². The van der Waals surface area contributed by atoms with E-state index in [1.807, 2.05) is 0 Å². The van der Waals surface area contributed by atoms with Gasteiger partial charge in [0.1, 0.15) is 5.82 Å². The lowest BCUT2D eigenvalue weighted by Crippen LogP contribution is -2.26. The Bertz CT molecular complexity index is 628. The Morgan fingerprint density at radius 1 is 1.19 bits per heavy atom. The highest BCUT2D eigenvalue weighted by Gasteiger charge is 2.16. The van der Waals surface area contributed by atoms with Crippen molar-refractivity contribution in [1.29, 1.82) is 0 Å². The molecule has 0 atom stereocenters. The summed E-state index contributed by atoms with van der Waals surface area (Å²) in [5, 5.41) is 4.93. The molecule has 1 aliphatic carbocycles. The van der Waals surface area contributed by atoms with E-state index in [1.54, 1.807) is 0 Å². The van der Waals surface area contributed by atoms with E-state index in [0.717, 1.165) is 17.9 Å². The molecule has 1 aliphatic rings. The molecule has 1 fully saturated rings. The van der Waals surface area contributed by atoms with Crippen LogP contribution in [0.5, 0.6) is 0 Å². The van der Waals surface area contributed by atoms with Gasteiger partial charge in [-0.3, -0.25) is 0 Å². The van der Waals surface area contributed by atoms with Crippen LogP contribution in [0.3, 0.4) is 0 Å². The van der Waals surface area contributed by atoms with Crippen LogP contribution in [-0.4, -0.2) is 25.1 Å². The summed E-state index contributed by atoms with van der Waals surface area (Å²) in [4.78, 5) is 6.99. The molecule has 0 bridgehead atoms. The van der Waals surface area contributed by atoms with Crippen molar-refractivity contribution in [3.8, 4) is 0 Å². The minimum atomic E-state index is 0.689. The van der Waals surface area contributed by atoms with Gasteiger partial charge < -0.3 is 10.2 Å². The predicted octanol–water partition coefficient (Wildman–Crippen LogP) is 3.64. The smallest absolute Gasteiger partial charge is 0.133 e. The van der Waals surface area contributed by atoms with Crippen LogP contribution in [0.15, 0.2) is 24.3 Å². The maximum absolute atomic E-state index is 4.87. The van der Waals surface area contributed by atoms with Crippen molar-refractivity contribution in [3.05, 3.63) is 35.4 Å². The number of pyridine rings is 1. The number of fused-ring (bicyclic) bond motifs is 1. The number of hydrogen-bond donors (Lipinski definition) is 1. The van der Waals surface area contributed by atoms with Gasteiger partial charge in [-0.05, 0) is 37.5 Å². The Hall–Kier alpha value is -1.61. The second-order valence-corrected chi connectivity index (χ2v) is 6.42. The topological polar surface area (TPSA) is 28.2 Å². The molecule has 0 saturated heterocycles. The highest BCUT2D eigenvalue weighted by Crippen LogP contribution is 2.24. The van der Waals surface area contributed by atoms with Crippen LogP contribution in [-0.2, 0) is 6.54 Å². The van der Waals surface area contributed by atoms with Gasteiger partial charge in [0.25, 0.3) is 0 Å². The zero-order chi connectivity index (χ0) is 14.8. The van der Waals surface area contributed by atoms with Gasteiger partial charge in [-0.1, -0.05) is 25.0 Å². The van der Waals surface area contributed by atoms with Crippen LogP contribution in [0.1, 0.15) is 36.8 Å². The molecule has 2 aromatic rings. The first-order valence-corrected chi connectivity index (χ1v) is 7.94. The zero-order valence-electron chi connectivity index (χ0n) is 13.3. The average Bonchev–Trinajstić information content (AvgIpc) is 2.97. The van der Waals surface area contributed by atoms with Crippen molar-refractivity contribution >= 4 is 16.7 Å². The molecule has 0 unspecified atom stereocenters. The quantitative estimate of drug-likeness (QED) is 0.928. The van der Waals surface area contributed by atoms with Gasteiger partial charge in [0.05, 0.1) is 5.52 Å². The lowest BCUT2D eigenvalue weighted by Gasteiger charge is -2.19. The Morgan fingerprint density at radius 3 is 2.67 bits per heavy atom. The van der Waals surface area contributed by atoms with Crippen LogP contribution < -0.4 is 10.2 Å². The SMILES string of the molecule is Cc1ccc2cc(CNC3CCCC3)c(N(C)C)nc2c1. The molecule has 3 rings (SSSR count). The van der Waals surface area contributed by atoms with Crippen molar-refractivity contribution in [2.75, 3.05) is 19.0 Å². The highest BCUT2D eigenvalue weighted by molar-refractivity contribution is 5.82. The van der Waals surface area contributed by atoms with Crippen molar-refractivity contribution in [2.45, 2.75) is 45.2 Å². The van der Waals surface area contributed by atoms with E-state index in [2.05, 4.69) is 55.5 Å². The number of nitrogens with one attached hydrogen (secondary N) is 1. The molecule has 1 aromatic heterocycles. The molecule has 1 N–H and O–H groups in total. The molecule has 0 spiro atoms.